The van der Waals surface area contributed by atoms with Crippen LogP contribution in [-0.2, 0) is 6.42 Å². The highest BCUT2D eigenvalue weighted by atomic mass is 16.3. The quantitative estimate of drug-likeness (QED) is 0.883. The van der Waals surface area contributed by atoms with E-state index in [4.69, 9.17) is 0 Å². The highest BCUT2D eigenvalue weighted by molar-refractivity contribution is 5.54. The lowest BCUT2D eigenvalue weighted by atomic mass is 10.1. The van der Waals surface area contributed by atoms with Crippen LogP contribution in [0, 0.1) is 0 Å². The molecule has 18 heavy (non-hydrogen) atoms. The fourth-order valence-electron chi connectivity index (χ4n) is 2.81. The molecule has 1 aliphatic heterocycles. The van der Waals surface area contributed by atoms with Gasteiger partial charge in [-0.05, 0) is 38.1 Å². The third-order valence-corrected chi connectivity index (χ3v) is 3.79. The molecule has 0 spiro atoms. The number of anilines is 1. The number of nitrogens with zero attached hydrogens (tertiary/aromatic N) is 2. The van der Waals surface area contributed by atoms with E-state index in [-0.39, 0.29) is 12.6 Å². The monoisotopic (exact) mass is 248 g/mol. The zero-order valence-electron chi connectivity index (χ0n) is 11.5. The molecule has 0 amide bonds. The van der Waals surface area contributed by atoms with Crippen LogP contribution in [0.2, 0.25) is 0 Å². The molecule has 100 valence electrons. The van der Waals surface area contributed by atoms with Crippen LogP contribution in [0.25, 0.3) is 0 Å². The van der Waals surface area contributed by atoms with E-state index in [0.717, 1.165) is 32.5 Å². The van der Waals surface area contributed by atoms with E-state index in [2.05, 4.69) is 48.0 Å². The first-order chi connectivity index (χ1) is 8.76. The Morgan fingerprint density at radius 2 is 2.06 bits per heavy atom. The average Bonchev–Trinajstić information content (AvgIpc) is 2.60. The van der Waals surface area contributed by atoms with Crippen molar-refractivity contribution >= 4 is 5.69 Å². The van der Waals surface area contributed by atoms with Crippen molar-refractivity contribution in [2.24, 2.45) is 0 Å². The van der Waals surface area contributed by atoms with Crippen LogP contribution in [0.15, 0.2) is 24.3 Å². The molecule has 1 N–H and O–H groups in total. The van der Waals surface area contributed by atoms with Crippen LogP contribution in [0.3, 0.4) is 0 Å². The predicted molar refractivity (Wildman–Crippen MR) is 76.2 cm³/mol. The largest absolute Gasteiger partial charge is 0.394 e. The molecule has 3 nitrogen and oxygen atoms in total. The second-order valence-corrected chi connectivity index (χ2v) is 5.13. The molecule has 1 saturated heterocycles. The summed E-state index contributed by atoms with van der Waals surface area (Å²) in [7, 11) is 2.14. The highest BCUT2D eigenvalue weighted by Gasteiger charge is 2.24. The van der Waals surface area contributed by atoms with Crippen molar-refractivity contribution < 1.29 is 5.11 Å². The van der Waals surface area contributed by atoms with Crippen LogP contribution in [0.5, 0.6) is 0 Å². The van der Waals surface area contributed by atoms with Gasteiger partial charge in [-0.15, -0.1) is 0 Å². The van der Waals surface area contributed by atoms with Gasteiger partial charge in [0.15, 0.2) is 0 Å². The second-order valence-electron chi connectivity index (χ2n) is 5.13. The Kier molecular flexibility index (Phi) is 4.61. The molecule has 0 saturated carbocycles. The van der Waals surface area contributed by atoms with Gasteiger partial charge in [-0.1, -0.05) is 25.1 Å². The zero-order chi connectivity index (χ0) is 13.0. The minimum atomic E-state index is 0.213. The number of aryl methyl sites for hydroxylation is 1. The van der Waals surface area contributed by atoms with Gasteiger partial charge in [0.2, 0.25) is 0 Å². The first-order valence-electron chi connectivity index (χ1n) is 6.90. The third kappa shape index (κ3) is 2.85. The van der Waals surface area contributed by atoms with Gasteiger partial charge in [-0.3, -0.25) is 0 Å². The molecule has 1 aliphatic rings. The number of benzene rings is 1. The van der Waals surface area contributed by atoms with E-state index < -0.39 is 0 Å². The Bertz CT molecular complexity index is 381. The van der Waals surface area contributed by atoms with Crippen molar-refractivity contribution in [1.82, 2.24) is 4.90 Å². The molecule has 1 aromatic rings. The van der Waals surface area contributed by atoms with Crippen molar-refractivity contribution in [3.63, 3.8) is 0 Å². The molecule has 1 aromatic carbocycles. The van der Waals surface area contributed by atoms with Gasteiger partial charge < -0.3 is 14.9 Å². The number of rotatable bonds is 3. The lowest BCUT2D eigenvalue weighted by Crippen LogP contribution is -2.43. The van der Waals surface area contributed by atoms with Crippen LogP contribution < -0.4 is 4.90 Å². The van der Waals surface area contributed by atoms with Crippen molar-refractivity contribution in [3.05, 3.63) is 29.8 Å². The Morgan fingerprint density at radius 3 is 2.78 bits per heavy atom. The maximum Gasteiger partial charge on any atom is 0.0647 e. The second kappa shape index (κ2) is 6.21. The summed E-state index contributed by atoms with van der Waals surface area (Å²) in [6.07, 6.45) is 2.20. The summed E-state index contributed by atoms with van der Waals surface area (Å²) >= 11 is 0. The summed E-state index contributed by atoms with van der Waals surface area (Å²) < 4.78 is 0. The molecule has 1 atom stereocenters. The molecule has 3 heteroatoms. The molecule has 0 aromatic heterocycles. The summed E-state index contributed by atoms with van der Waals surface area (Å²) in [4.78, 5) is 4.71. The van der Waals surface area contributed by atoms with E-state index in [1.54, 1.807) is 0 Å². The first-order valence-corrected chi connectivity index (χ1v) is 6.90. The Labute approximate surface area is 110 Å². The van der Waals surface area contributed by atoms with Gasteiger partial charge in [0.05, 0.1) is 12.6 Å². The Hall–Kier alpha value is -1.06. The average molecular weight is 248 g/mol. The number of likely N-dealkylation sites (N-methyl/N-ethyl adjacent to an activating group) is 1. The molecule has 1 fully saturated rings. The smallest absolute Gasteiger partial charge is 0.0647 e. The van der Waals surface area contributed by atoms with E-state index in [1.807, 2.05) is 0 Å². The summed E-state index contributed by atoms with van der Waals surface area (Å²) in [5, 5.41) is 9.66. The van der Waals surface area contributed by atoms with Crippen LogP contribution in [0.1, 0.15) is 18.9 Å². The van der Waals surface area contributed by atoms with E-state index in [1.165, 1.54) is 11.3 Å². The predicted octanol–water partition coefficient (Wildman–Crippen LogP) is 1.75. The van der Waals surface area contributed by atoms with Gasteiger partial charge in [-0.2, -0.15) is 0 Å². The Balaban J connectivity index is 2.28. The lowest BCUT2D eigenvalue weighted by Gasteiger charge is -2.33. The van der Waals surface area contributed by atoms with Crippen molar-refractivity contribution in [2.75, 3.05) is 38.2 Å². The Morgan fingerprint density at radius 1 is 1.28 bits per heavy atom. The number of hydrogen-bond acceptors (Lipinski definition) is 3. The van der Waals surface area contributed by atoms with E-state index >= 15 is 0 Å². The summed E-state index contributed by atoms with van der Waals surface area (Å²) in [5.74, 6) is 0. The number of hydrogen-bond donors (Lipinski definition) is 1. The standard InChI is InChI=1S/C15H24N2O/c1-3-13-7-4-5-8-15(13)17-10-6-9-16(2)11-14(17)12-18/h4-5,7-8,14,18H,3,6,9-12H2,1-2H3. The molecule has 2 rings (SSSR count). The summed E-state index contributed by atoms with van der Waals surface area (Å²) in [5.41, 5.74) is 2.68. The highest BCUT2D eigenvalue weighted by Crippen LogP contribution is 2.24. The fraction of sp³-hybridized carbons (Fsp3) is 0.600. The molecule has 0 radical (unpaired) electrons. The van der Waals surface area contributed by atoms with Gasteiger partial charge in [-0.25, -0.2) is 0 Å². The van der Waals surface area contributed by atoms with Crippen LogP contribution in [0.4, 0.5) is 5.69 Å². The van der Waals surface area contributed by atoms with E-state index in [0.29, 0.717) is 0 Å². The first kappa shape index (κ1) is 13.4. The number of aliphatic hydroxyl groups excluding tert-OH is 1. The normalized spacial score (nSPS) is 21.9. The van der Waals surface area contributed by atoms with Gasteiger partial charge in [0.25, 0.3) is 0 Å². The SMILES string of the molecule is CCc1ccccc1N1CCCN(C)CC1CO. The third-order valence-electron chi connectivity index (χ3n) is 3.79. The molecule has 0 aliphatic carbocycles. The summed E-state index contributed by atoms with van der Waals surface area (Å²) in [6, 6.07) is 8.79. The maximum absolute atomic E-state index is 9.66. The van der Waals surface area contributed by atoms with Crippen molar-refractivity contribution in [2.45, 2.75) is 25.8 Å². The van der Waals surface area contributed by atoms with Crippen molar-refractivity contribution in [1.29, 1.82) is 0 Å². The molecule has 1 heterocycles. The molecular formula is C15H24N2O. The number of aliphatic hydroxyl groups is 1. The van der Waals surface area contributed by atoms with Gasteiger partial charge >= 0.3 is 0 Å². The fourth-order valence-corrected chi connectivity index (χ4v) is 2.81. The minimum absolute atomic E-state index is 0.213. The molecule has 0 bridgehead atoms. The number of para-hydroxylation sites is 1. The van der Waals surface area contributed by atoms with Gasteiger partial charge in [0, 0.05) is 18.8 Å². The van der Waals surface area contributed by atoms with Crippen molar-refractivity contribution in [3.8, 4) is 0 Å². The van der Waals surface area contributed by atoms with Gasteiger partial charge in [0.1, 0.15) is 0 Å². The van der Waals surface area contributed by atoms with E-state index in [9.17, 15) is 5.11 Å². The molecule has 1 unspecified atom stereocenters. The lowest BCUT2D eigenvalue weighted by molar-refractivity contribution is 0.229. The van der Waals surface area contributed by atoms with Crippen LogP contribution >= 0.6 is 0 Å². The molecular weight excluding hydrogens is 224 g/mol. The maximum atomic E-state index is 9.66. The topological polar surface area (TPSA) is 26.7 Å². The van der Waals surface area contributed by atoms with Crippen LogP contribution in [-0.4, -0.2) is 49.3 Å². The minimum Gasteiger partial charge on any atom is -0.394 e. The zero-order valence-corrected chi connectivity index (χ0v) is 11.5. The summed E-state index contributed by atoms with van der Waals surface area (Å²) in [6.45, 7) is 5.50.